The number of phenolic OH excluding ortho intramolecular Hbond substituents is 2. The molecule has 1 atom stereocenters. The van der Waals surface area contributed by atoms with Gasteiger partial charge in [0.25, 0.3) is 0 Å². The van der Waals surface area contributed by atoms with E-state index in [-0.39, 0.29) is 17.4 Å². The minimum Gasteiger partial charge on any atom is -0.508 e. The maximum absolute atomic E-state index is 13.4. The van der Waals surface area contributed by atoms with Crippen molar-refractivity contribution < 1.29 is 15.0 Å². The third-order valence-corrected chi connectivity index (χ3v) is 4.95. The second-order valence-corrected chi connectivity index (χ2v) is 6.68. The first-order valence-corrected chi connectivity index (χ1v) is 8.49. The molecule has 1 amide bonds. The smallest absolute Gasteiger partial charge is 0.243 e. The Labute approximate surface area is 152 Å². The molecule has 1 aliphatic rings. The molecule has 4 heteroatoms. The number of benzene rings is 3. The summed E-state index contributed by atoms with van der Waals surface area (Å²) in [7, 11) is 0. The van der Waals surface area contributed by atoms with Crippen LogP contribution in [0.25, 0.3) is 0 Å². The summed E-state index contributed by atoms with van der Waals surface area (Å²) in [6, 6.07) is 18.2. The number of rotatable bonds is 2. The standard InChI is InChI=1S/C22H19NO3/c1-13-11-15(7-9-19(13)24)21-17-5-3-4-6-18(17)23(22(21)26)16-8-10-20(25)14(2)12-16/h3-12,21,24-25H,1-2H3. The fourth-order valence-electron chi connectivity index (χ4n) is 3.54. The van der Waals surface area contributed by atoms with Gasteiger partial charge in [0.05, 0.1) is 11.6 Å². The highest BCUT2D eigenvalue weighted by atomic mass is 16.3. The molecule has 1 aliphatic heterocycles. The quantitative estimate of drug-likeness (QED) is 0.717. The zero-order valence-corrected chi connectivity index (χ0v) is 14.6. The Morgan fingerprint density at radius 2 is 1.50 bits per heavy atom. The lowest BCUT2D eigenvalue weighted by molar-refractivity contribution is -0.117. The van der Waals surface area contributed by atoms with Gasteiger partial charge in [-0.2, -0.15) is 0 Å². The number of anilines is 2. The molecule has 130 valence electrons. The van der Waals surface area contributed by atoms with E-state index in [1.54, 1.807) is 29.2 Å². The molecule has 0 aromatic heterocycles. The van der Waals surface area contributed by atoms with Gasteiger partial charge in [-0.05, 0) is 66.4 Å². The van der Waals surface area contributed by atoms with E-state index in [0.29, 0.717) is 0 Å². The molecule has 1 unspecified atom stereocenters. The molecule has 0 bridgehead atoms. The minimum absolute atomic E-state index is 0.0404. The first-order chi connectivity index (χ1) is 12.5. The van der Waals surface area contributed by atoms with Crippen LogP contribution in [-0.4, -0.2) is 16.1 Å². The molecule has 0 fully saturated rings. The van der Waals surface area contributed by atoms with Crippen molar-refractivity contribution in [2.45, 2.75) is 19.8 Å². The van der Waals surface area contributed by atoms with Gasteiger partial charge in [0, 0.05) is 5.69 Å². The highest BCUT2D eigenvalue weighted by Crippen LogP contribution is 2.45. The Morgan fingerprint density at radius 1 is 0.846 bits per heavy atom. The highest BCUT2D eigenvalue weighted by Gasteiger charge is 2.39. The summed E-state index contributed by atoms with van der Waals surface area (Å²) < 4.78 is 0. The van der Waals surface area contributed by atoms with Crippen LogP contribution in [-0.2, 0) is 4.79 Å². The van der Waals surface area contributed by atoms with Crippen LogP contribution in [0.3, 0.4) is 0 Å². The van der Waals surface area contributed by atoms with Crippen LogP contribution in [0.1, 0.15) is 28.2 Å². The Hall–Kier alpha value is -3.27. The number of aromatic hydroxyl groups is 2. The van der Waals surface area contributed by atoms with Crippen molar-refractivity contribution in [3.8, 4) is 11.5 Å². The number of phenols is 2. The van der Waals surface area contributed by atoms with Crippen LogP contribution in [0.15, 0.2) is 60.7 Å². The average molecular weight is 345 g/mol. The second-order valence-electron chi connectivity index (χ2n) is 6.68. The molecular weight excluding hydrogens is 326 g/mol. The van der Waals surface area contributed by atoms with E-state index in [2.05, 4.69) is 0 Å². The van der Waals surface area contributed by atoms with E-state index in [1.807, 2.05) is 50.2 Å². The molecule has 0 saturated heterocycles. The summed E-state index contributed by atoms with van der Waals surface area (Å²) in [5.41, 5.74) is 4.83. The molecule has 4 rings (SSSR count). The van der Waals surface area contributed by atoms with Gasteiger partial charge in [-0.25, -0.2) is 0 Å². The normalized spacial score (nSPS) is 16.0. The van der Waals surface area contributed by atoms with E-state index < -0.39 is 5.92 Å². The topological polar surface area (TPSA) is 60.8 Å². The maximum atomic E-state index is 13.4. The van der Waals surface area contributed by atoms with E-state index in [1.165, 1.54) is 0 Å². The van der Waals surface area contributed by atoms with Crippen LogP contribution >= 0.6 is 0 Å². The van der Waals surface area contributed by atoms with E-state index in [0.717, 1.165) is 33.6 Å². The Morgan fingerprint density at radius 3 is 2.19 bits per heavy atom. The lowest BCUT2D eigenvalue weighted by Gasteiger charge is -2.19. The van der Waals surface area contributed by atoms with Crippen LogP contribution in [0.4, 0.5) is 11.4 Å². The fraction of sp³-hybridized carbons (Fsp3) is 0.136. The zero-order chi connectivity index (χ0) is 18.4. The van der Waals surface area contributed by atoms with E-state index >= 15 is 0 Å². The van der Waals surface area contributed by atoms with Gasteiger partial charge >= 0.3 is 0 Å². The van der Waals surface area contributed by atoms with Crippen LogP contribution in [0.5, 0.6) is 11.5 Å². The largest absolute Gasteiger partial charge is 0.508 e. The fourth-order valence-corrected chi connectivity index (χ4v) is 3.54. The molecule has 1 heterocycles. The monoisotopic (exact) mass is 345 g/mol. The molecule has 3 aromatic rings. The summed E-state index contributed by atoms with van der Waals surface area (Å²) >= 11 is 0. The third-order valence-electron chi connectivity index (χ3n) is 4.95. The summed E-state index contributed by atoms with van der Waals surface area (Å²) in [5, 5.41) is 19.6. The number of para-hydroxylation sites is 1. The van der Waals surface area contributed by atoms with Gasteiger partial charge in [0.1, 0.15) is 11.5 Å². The van der Waals surface area contributed by atoms with E-state index in [9.17, 15) is 15.0 Å². The van der Waals surface area contributed by atoms with Gasteiger partial charge in [0.15, 0.2) is 0 Å². The number of fused-ring (bicyclic) bond motifs is 1. The summed E-state index contributed by atoms with van der Waals surface area (Å²) in [4.78, 5) is 15.1. The molecule has 3 aromatic carbocycles. The predicted molar refractivity (Wildman–Crippen MR) is 101 cm³/mol. The van der Waals surface area contributed by atoms with Crippen LogP contribution in [0.2, 0.25) is 0 Å². The van der Waals surface area contributed by atoms with Gasteiger partial charge in [-0.1, -0.05) is 30.3 Å². The number of hydrogen-bond donors (Lipinski definition) is 2. The first-order valence-electron chi connectivity index (χ1n) is 8.49. The number of aryl methyl sites for hydroxylation is 2. The maximum Gasteiger partial charge on any atom is 0.243 e. The number of nitrogens with zero attached hydrogens (tertiary/aromatic N) is 1. The highest BCUT2D eigenvalue weighted by molar-refractivity contribution is 6.12. The first kappa shape index (κ1) is 16.2. The molecular formula is C22H19NO3. The second kappa shape index (κ2) is 5.92. The van der Waals surface area contributed by atoms with Crippen LogP contribution in [0, 0.1) is 13.8 Å². The minimum atomic E-state index is -0.417. The summed E-state index contributed by atoms with van der Waals surface area (Å²) in [6.45, 7) is 3.64. The molecule has 26 heavy (non-hydrogen) atoms. The van der Waals surface area contributed by atoms with Crippen molar-refractivity contribution in [2.24, 2.45) is 0 Å². The Balaban J connectivity index is 1.87. The Kier molecular flexibility index (Phi) is 3.69. The predicted octanol–water partition coefficient (Wildman–Crippen LogP) is 4.52. The van der Waals surface area contributed by atoms with Gasteiger partial charge in [-0.15, -0.1) is 0 Å². The van der Waals surface area contributed by atoms with E-state index in [4.69, 9.17) is 0 Å². The molecule has 2 N–H and O–H groups in total. The molecule has 4 nitrogen and oxygen atoms in total. The number of hydrogen-bond acceptors (Lipinski definition) is 3. The zero-order valence-electron chi connectivity index (χ0n) is 14.6. The number of carbonyl (C=O) groups excluding carboxylic acids is 1. The molecule has 0 spiro atoms. The van der Waals surface area contributed by atoms with Crippen molar-refractivity contribution >= 4 is 17.3 Å². The lowest BCUT2D eigenvalue weighted by atomic mass is 9.91. The van der Waals surface area contributed by atoms with Crippen molar-refractivity contribution in [3.63, 3.8) is 0 Å². The van der Waals surface area contributed by atoms with Crippen molar-refractivity contribution in [3.05, 3.63) is 82.9 Å². The van der Waals surface area contributed by atoms with Crippen molar-refractivity contribution in [1.82, 2.24) is 0 Å². The van der Waals surface area contributed by atoms with Crippen molar-refractivity contribution in [1.29, 1.82) is 0 Å². The summed E-state index contributed by atoms with van der Waals surface area (Å²) in [5.74, 6) is -0.0288. The lowest BCUT2D eigenvalue weighted by Crippen LogP contribution is -2.24. The molecule has 0 aliphatic carbocycles. The molecule has 0 radical (unpaired) electrons. The van der Waals surface area contributed by atoms with Gasteiger partial charge in [-0.3, -0.25) is 9.69 Å². The van der Waals surface area contributed by atoms with Gasteiger partial charge < -0.3 is 10.2 Å². The average Bonchev–Trinajstić information content (AvgIpc) is 2.92. The Bertz CT molecular complexity index is 945. The third kappa shape index (κ3) is 2.42. The molecule has 0 saturated carbocycles. The van der Waals surface area contributed by atoms with Crippen molar-refractivity contribution in [2.75, 3.05) is 4.90 Å². The number of carbonyl (C=O) groups is 1. The number of amides is 1. The van der Waals surface area contributed by atoms with Crippen LogP contribution < -0.4 is 4.90 Å². The van der Waals surface area contributed by atoms with Gasteiger partial charge in [0.2, 0.25) is 5.91 Å². The summed E-state index contributed by atoms with van der Waals surface area (Å²) in [6.07, 6.45) is 0. The SMILES string of the molecule is Cc1cc(C2C(=O)N(c3ccc(O)c(C)c3)c3ccccc32)ccc1O.